The maximum absolute atomic E-state index is 12.3. The fourth-order valence-corrected chi connectivity index (χ4v) is 2.21. The van der Waals surface area contributed by atoms with Crippen molar-refractivity contribution in [2.45, 2.75) is 19.4 Å². The molecular weight excluding hydrogens is 266 g/mol. The molecule has 0 saturated carbocycles. The Bertz CT molecular complexity index is 637. The first kappa shape index (κ1) is 14.8. The predicted molar refractivity (Wildman–Crippen MR) is 80.3 cm³/mol. The van der Waals surface area contributed by atoms with E-state index in [1.54, 1.807) is 12.1 Å². The Morgan fingerprint density at radius 1 is 1.00 bits per heavy atom. The lowest BCUT2D eigenvalue weighted by atomic mass is 10.0. The zero-order chi connectivity index (χ0) is 15.2. The number of hydrogen-bond acceptors (Lipinski definition) is 2. The van der Waals surface area contributed by atoms with Crippen LogP contribution in [0.5, 0.6) is 0 Å². The molecule has 2 aromatic carbocycles. The Kier molecular flexibility index (Phi) is 4.72. The quantitative estimate of drug-likeness (QED) is 0.885. The number of carboxylic acids is 1. The number of nitrogens with one attached hydrogen (secondary N) is 1. The Balaban J connectivity index is 2.23. The van der Waals surface area contributed by atoms with Gasteiger partial charge in [-0.3, -0.25) is 4.79 Å². The number of rotatable bonds is 5. The van der Waals surface area contributed by atoms with Crippen LogP contribution in [0.2, 0.25) is 0 Å². The highest BCUT2D eigenvalue weighted by Gasteiger charge is 2.18. The molecule has 0 radical (unpaired) electrons. The molecule has 0 unspecified atom stereocenters. The van der Waals surface area contributed by atoms with E-state index in [0.29, 0.717) is 0 Å². The maximum atomic E-state index is 12.3. The van der Waals surface area contributed by atoms with Crippen LogP contribution < -0.4 is 5.32 Å². The Hall–Kier alpha value is -2.62. The van der Waals surface area contributed by atoms with Gasteiger partial charge in [-0.1, -0.05) is 49.4 Å². The van der Waals surface area contributed by atoms with Crippen molar-refractivity contribution in [1.82, 2.24) is 5.32 Å². The molecular formula is C17H17NO3. The first-order valence-corrected chi connectivity index (χ1v) is 6.81. The molecule has 0 aliphatic rings. The highest BCUT2D eigenvalue weighted by molar-refractivity contribution is 6.04. The van der Waals surface area contributed by atoms with E-state index in [1.165, 1.54) is 12.1 Å². The number of aromatic carboxylic acids is 1. The molecule has 108 valence electrons. The van der Waals surface area contributed by atoms with Gasteiger partial charge in [-0.15, -0.1) is 0 Å². The number of carbonyl (C=O) groups is 2. The minimum atomic E-state index is -1.10. The zero-order valence-electron chi connectivity index (χ0n) is 11.7. The van der Waals surface area contributed by atoms with E-state index in [4.69, 9.17) is 5.11 Å². The normalized spacial score (nSPS) is 11.7. The summed E-state index contributed by atoms with van der Waals surface area (Å²) in [4.78, 5) is 23.5. The molecule has 0 heterocycles. The van der Waals surface area contributed by atoms with E-state index >= 15 is 0 Å². The first-order valence-electron chi connectivity index (χ1n) is 6.81. The van der Waals surface area contributed by atoms with Gasteiger partial charge in [-0.25, -0.2) is 4.79 Å². The first-order chi connectivity index (χ1) is 10.1. The van der Waals surface area contributed by atoms with E-state index in [2.05, 4.69) is 5.32 Å². The molecule has 1 atom stereocenters. The van der Waals surface area contributed by atoms with E-state index in [0.717, 1.165) is 12.0 Å². The Morgan fingerprint density at radius 2 is 1.57 bits per heavy atom. The summed E-state index contributed by atoms with van der Waals surface area (Å²) in [6, 6.07) is 15.7. The molecule has 0 aromatic heterocycles. The van der Waals surface area contributed by atoms with E-state index < -0.39 is 5.97 Å². The fraction of sp³-hybridized carbons (Fsp3) is 0.176. The lowest BCUT2D eigenvalue weighted by molar-refractivity contribution is 0.0690. The monoisotopic (exact) mass is 283 g/mol. The van der Waals surface area contributed by atoms with E-state index in [1.807, 2.05) is 37.3 Å². The smallest absolute Gasteiger partial charge is 0.336 e. The lowest BCUT2D eigenvalue weighted by Crippen LogP contribution is -2.29. The average molecular weight is 283 g/mol. The Morgan fingerprint density at radius 3 is 2.14 bits per heavy atom. The molecule has 0 fully saturated rings. The third-order valence-corrected chi connectivity index (χ3v) is 3.32. The second-order valence-corrected chi connectivity index (χ2v) is 4.70. The minimum Gasteiger partial charge on any atom is -0.478 e. The maximum Gasteiger partial charge on any atom is 0.336 e. The van der Waals surface area contributed by atoms with E-state index in [-0.39, 0.29) is 23.1 Å². The van der Waals surface area contributed by atoms with Gasteiger partial charge in [-0.05, 0) is 24.1 Å². The summed E-state index contributed by atoms with van der Waals surface area (Å²) in [6.07, 6.45) is 0.727. The molecule has 0 aliphatic heterocycles. The summed E-state index contributed by atoms with van der Waals surface area (Å²) >= 11 is 0. The second-order valence-electron chi connectivity index (χ2n) is 4.70. The van der Waals surface area contributed by atoms with Crippen LogP contribution in [-0.4, -0.2) is 17.0 Å². The van der Waals surface area contributed by atoms with Crippen LogP contribution in [0.4, 0.5) is 0 Å². The van der Waals surface area contributed by atoms with Crippen LogP contribution in [0.1, 0.15) is 45.7 Å². The SMILES string of the molecule is CC[C@H](NC(=O)c1ccccc1C(=O)O)c1ccccc1. The third kappa shape index (κ3) is 3.48. The van der Waals surface area contributed by atoms with Gasteiger partial charge in [0.15, 0.2) is 0 Å². The van der Waals surface area contributed by atoms with Crippen molar-refractivity contribution in [3.63, 3.8) is 0 Å². The van der Waals surface area contributed by atoms with Crippen molar-refractivity contribution < 1.29 is 14.7 Å². The standard InChI is InChI=1S/C17H17NO3/c1-2-15(12-8-4-3-5-9-12)18-16(19)13-10-6-7-11-14(13)17(20)21/h3-11,15H,2H2,1H3,(H,18,19)(H,20,21)/t15-/m0/s1. The van der Waals surface area contributed by atoms with Crippen LogP contribution in [0.25, 0.3) is 0 Å². The summed E-state index contributed by atoms with van der Waals surface area (Å²) in [5, 5.41) is 12.0. The van der Waals surface area contributed by atoms with Gasteiger partial charge < -0.3 is 10.4 Å². The van der Waals surface area contributed by atoms with Crippen molar-refractivity contribution >= 4 is 11.9 Å². The van der Waals surface area contributed by atoms with Crippen molar-refractivity contribution in [1.29, 1.82) is 0 Å². The van der Waals surface area contributed by atoms with Gasteiger partial charge in [0.05, 0.1) is 17.2 Å². The van der Waals surface area contributed by atoms with Crippen molar-refractivity contribution in [2.75, 3.05) is 0 Å². The average Bonchev–Trinajstić information content (AvgIpc) is 2.53. The van der Waals surface area contributed by atoms with Crippen molar-refractivity contribution in [3.8, 4) is 0 Å². The largest absolute Gasteiger partial charge is 0.478 e. The zero-order valence-corrected chi connectivity index (χ0v) is 11.7. The minimum absolute atomic E-state index is 0.0120. The van der Waals surface area contributed by atoms with Crippen molar-refractivity contribution in [3.05, 3.63) is 71.3 Å². The molecule has 0 saturated heterocycles. The predicted octanol–water partition coefficient (Wildman–Crippen LogP) is 3.27. The van der Waals surface area contributed by atoms with Gasteiger partial charge in [0.1, 0.15) is 0 Å². The highest BCUT2D eigenvalue weighted by atomic mass is 16.4. The van der Waals surface area contributed by atoms with Gasteiger partial charge in [0.2, 0.25) is 0 Å². The molecule has 2 N–H and O–H groups in total. The highest BCUT2D eigenvalue weighted by Crippen LogP contribution is 2.17. The van der Waals surface area contributed by atoms with Gasteiger partial charge in [0, 0.05) is 0 Å². The molecule has 4 heteroatoms. The number of carbonyl (C=O) groups excluding carboxylic acids is 1. The van der Waals surface area contributed by atoms with Crippen LogP contribution in [0, 0.1) is 0 Å². The van der Waals surface area contributed by atoms with Gasteiger partial charge in [0.25, 0.3) is 5.91 Å². The topological polar surface area (TPSA) is 66.4 Å². The second kappa shape index (κ2) is 6.70. The van der Waals surface area contributed by atoms with E-state index in [9.17, 15) is 9.59 Å². The molecule has 0 bridgehead atoms. The van der Waals surface area contributed by atoms with Crippen molar-refractivity contribution in [2.24, 2.45) is 0 Å². The summed E-state index contributed by atoms with van der Waals surface area (Å²) in [5.74, 6) is -1.47. The lowest BCUT2D eigenvalue weighted by Gasteiger charge is -2.18. The molecule has 0 aliphatic carbocycles. The number of hydrogen-bond donors (Lipinski definition) is 2. The summed E-state index contributed by atoms with van der Waals surface area (Å²) in [7, 11) is 0. The van der Waals surface area contributed by atoms with Gasteiger partial charge in [-0.2, -0.15) is 0 Å². The number of amides is 1. The Labute approximate surface area is 123 Å². The molecule has 2 aromatic rings. The molecule has 4 nitrogen and oxygen atoms in total. The van der Waals surface area contributed by atoms with Crippen LogP contribution in [-0.2, 0) is 0 Å². The molecule has 0 spiro atoms. The third-order valence-electron chi connectivity index (χ3n) is 3.32. The molecule has 2 rings (SSSR count). The summed E-state index contributed by atoms with van der Waals surface area (Å²) in [6.45, 7) is 1.97. The summed E-state index contributed by atoms with van der Waals surface area (Å²) in [5.41, 5.74) is 1.19. The number of carboxylic acid groups (broad SMARTS) is 1. The molecule has 21 heavy (non-hydrogen) atoms. The van der Waals surface area contributed by atoms with Crippen LogP contribution >= 0.6 is 0 Å². The van der Waals surface area contributed by atoms with Gasteiger partial charge >= 0.3 is 5.97 Å². The number of benzene rings is 2. The fourth-order valence-electron chi connectivity index (χ4n) is 2.21. The van der Waals surface area contributed by atoms with Crippen LogP contribution in [0.15, 0.2) is 54.6 Å². The molecule has 1 amide bonds. The summed E-state index contributed by atoms with van der Waals surface area (Å²) < 4.78 is 0. The van der Waals surface area contributed by atoms with Crippen LogP contribution in [0.3, 0.4) is 0 Å².